The standard InChI is InChI=1S/C21H23N5O2S/c22-17-9-4-5-10-18(17)26-19(27)11-6-12-23-20(28)21-25-14-16(29-21)13-24-15-7-2-1-3-8-15/h1-5,7-10,14,24H,6,11-13,22H2,(H,23,28)(H,26,27). The molecule has 0 aliphatic rings. The van der Waals surface area contributed by atoms with Crippen LogP contribution in [0.15, 0.2) is 60.8 Å². The molecule has 0 aliphatic heterocycles. The van der Waals surface area contributed by atoms with Crippen LogP contribution in [0.2, 0.25) is 0 Å². The molecule has 0 unspecified atom stereocenters. The summed E-state index contributed by atoms with van der Waals surface area (Å²) < 4.78 is 0. The third kappa shape index (κ3) is 6.32. The van der Waals surface area contributed by atoms with Crippen LogP contribution in [0, 0.1) is 0 Å². The van der Waals surface area contributed by atoms with Gasteiger partial charge in [0.1, 0.15) is 0 Å². The Bertz CT molecular complexity index is 958. The molecule has 0 aliphatic carbocycles. The molecule has 0 saturated carbocycles. The number of anilines is 3. The molecular weight excluding hydrogens is 386 g/mol. The Labute approximate surface area is 173 Å². The van der Waals surface area contributed by atoms with Gasteiger partial charge in [-0.3, -0.25) is 9.59 Å². The minimum absolute atomic E-state index is 0.138. The molecule has 2 aromatic carbocycles. The van der Waals surface area contributed by atoms with Gasteiger partial charge in [0, 0.05) is 29.7 Å². The summed E-state index contributed by atoms with van der Waals surface area (Å²) in [6.45, 7) is 1.01. The highest BCUT2D eigenvalue weighted by atomic mass is 32.1. The fourth-order valence-corrected chi connectivity index (χ4v) is 3.36. The van der Waals surface area contributed by atoms with Crippen LogP contribution in [-0.4, -0.2) is 23.3 Å². The highest BCUT2D eigenvalue weighted by molar-refractivity contribution is 7.13. The van der Waals surface area contributed by atoms with Crippen molar-refractivity contribution in [2.24, 2.45) is 0 Å². The molecule has 1 aromatic heterocycles. The average molecular weight is 410 g/mol. The molecule has 8 heteroatoms. The van der Waals surface area contributed by atoms with Gasteiger partial charge in [-0.2, -0.15) is 0 Å². The van der Waals surface area contributed by atoms with Crippen molar-refractivity contribution in [2.45, 2.75) is 19.4 Å². The first-order valence-corrected chi connectivity index (χ1v) is 10.1. The summed E-state index contributed by atoms with van der Waals surface area (Å²) in [4.78, 5) is 29.3. The monoisotopic (exact) mass is 409 g/mol. The molecule has 2 amide bonds. The number of amides is 2. The molecule has 0 fully saturated rings. The Morgan fingerprint density at radius 1 is 1.03 bits per heavy atom. The quantitative estimate of drug-likeness (QED) is 0.320. The van der Waals surface area contributed by atoms with E-state index in [1.807, 2.05) is 42.5 Å². The number of nitrogen functional groups attached to an aromatic ring is 1. The maximum atomic E-state index is 12.2. The van der Waals surface area contributed by atoms with Crippen LogP contribution in [0.1, 0.15) is 27.5 Å². The third-order valence-electron chi connectivity index (χ3n) is 4.09. The summed E-state index contributed by atoms with van der Waals surface area (Å²) >= 11 is 1.35. The van der Waals surface area contributed by atoms with E-state index >= 15 is 0 Å². The summed E-state index contributed by atoms with van der Waals surface area (Å²) in [5.41, 5.74) is 7.94. The number of benzene rings is 2. The maximum Gasteiger partial charge on any atom is 0.280 e. The Morgan fingerprint density at radius 3 is 2.59 bits per heavy atom. The van der Waals surface area contributed by atoms with E-state index in [9.17, 15) is 9.59 Å². The molecule has 7 nitrogen and oxygen atoms in total. The van der Waals surface area contributed by atoms with Crippen molar-refractivity contribution in [2.75, 3.05) is 22.9 Å². The van der Waals surface area contributed by atoms with E-state index in [-0.39, 0.29) is 11.8 Å². The highest BCUT2D eigenvalue weighted by Gasteiger charge is 2.11. The van der Waals surface area contributed by atoms with Crippen molar-refractivity contribution in [1.29, 1.82) is 0 Å². The van der Waals surface area contributed by atoms with Gasteiger partial charge in [0.25, 0.3) is 5.91 Å². The van der Waals surface area contributed by atoms with E-state index in [1.54, 1.807) is 18.3 Å². The summed E-state index contributed by atoms with van der Waals surface area (Å²) in [5.74, 6) is -0.366. The number of nitrogens with one attached hydrogen (secondary N) is 3. The van der Waals surface area contributed by atoms with Crippen molar-refractivity contribution in [1.82, 2.24) is 10.3 Å². The molecular formula is C21H23N5O2S. The van der Waals surface area contributed by atoms with Gasteiger partial charge >= 0.3 is 0 Å². The molecule has 0 atom stereocenters. The molecule has 29 heavy (non-hydrogen) atoms. The van der Waals surface area contributed by atoms with E-state index < -0.39 is 0 Å². The van der Waals surface area contributed by atoms with Crippen LogP contribution in [0.3, 0.4) is 0 Å². The summed E-state index contributed by atoms with van der Waals surface area (Å²) in [6.07, 6.45) is 2.52. The number of hydrogen-bond acceptors (Lipinski definition) is 6. The van der Waals surface area contributed by atoms with Crippen LogP contribution in [0.4, 0.5) is 17.1 Å². The number of nitrogens with two attached hydrogens (primary N) is 1. The van der Waals surface area contributed by atoms with Crippen LogP contribution in [0.25, 0.3) is 0 Å². The lowest BCUT2D eigenvalue weighted by atomic mass is 10.2. The van der Waals surface area contributed by atoms with E-state index in [0.717, 1.165) is 10.6 Å². The zero-order valence-corrected chi connectivity index (χ0v) is 16.7. The van der Waals surface area contributed by atoms with Crippen molar-refractivity contribution in [3.63, 3.8) is 0 Å². The maximum absolute atomic E-state index is 12.2. The molecule has 1 heterocycles. The number of carbonyl (C=O) groups excluding carboxylic acids is 2. The van der Waals surface area contributed by atoms with Gasteiger partial charge in [-0.1, -0.05) is 30.3 Å². The lowest BCUT2D eigenvalue weighted by Crippen LogP contribution is -2.25. The first-order valence-electron chi connectivity index (χ1n) is 9.28. The van der Waals surface area contributed by atoms with Crippen LogP contribution < -0.4 is 21.7 Å². The van der Waals surface area contributed by atoms with Gasteiger partial charge in [-0.05, 0) is 30.7 Å². The minimum Gasteiger partial charge on any atom is -0.397 e. The number of aromatic nitrogens is 1. The lowest BCUT2D eigenvalue weighted by molar-refractivity contribution is -0.116. The first-order chi connectivity index (χ1) is 14.1. The van der Waals surface area contributed by atoms with E-state index in [4.69, 9.17) is 5.73 Å². The van der Waals surface area contributed by atoms with Crippen LogP contribution in [-0.2, 0) is 11.3 Å². The van der Waals surface area contributed by atoms with Crippen molar-refractivity contribution >= 4 is 40.2 Å². The number of rotatable bonds is 9. The normalized spacial score (nSPS) is 10.3. The topological polar surface area (TPSA) is 109 Å². The summed E-state index contributed by atoms with van der Waals surface area (Å²) in [6, 6.07) is 16.9. The SMILES string of the molecule is Nc1ccccc1NC(=O)CCCNC(=O)c1ncc(CNc2ccccc2)s1. The first kappa shape index (κ1) is 20.3. The van der Waals surface area contributed by atoms with Crippen molar-refractivity contribution < 1.29 is 9.59 Å². The molecule has 0 bridgehead atoms. The molecule has 3 rings (SSSR count). The van der Waals surface area contributed by atoms with Gasteiger partial charge < -0.3 is 21.7 Å². The average Bonchev–Trinajstić information content (AvgIpc) is 3.21. The van der Waals surface area contributed by atoms with E-state index in [2.05, 4.69) is 20.9 Å². The second kappa shape index (κ2) is 10.2. The zero-order chi connectivity index (χ0) is 20.5. The van der Waals surface area contributed by atoms with E-state index in [0.29, 0.717) is 42.3 Å². The van der Waals surface area contributed by atoms with Crippen molar-refractivity contribution in [3.8, 4) is 0 Å². The fraction of sp³-hybridized carbons (Fsp3) is 0.190. The third-order valence-corrected chi connectivity index (χ3v) is 5.09. The Balaban J connectivity index is 1.37. The zero-order valence-electron chi connectivity index (χ0n) is 15.9. The summed E-state index contributed by atoms with van der Waals surface area (Å²) in [5, 5.41) is 9.27. The molecule has 5 N–H and O–H groups in total. The van der Waals surface area contributed by atoms with Gasteiger partial charge in [0.05, 0.1) is 17.9 Å². The van der Waals surface area contributed by atoms with Crippen LogP contribution >= 0.6 is 11.3 Å². The smallest absolute Gasteiger partial charge is 0.280 e. The predicted molar refractivity (Wildman–Crippen MR) is 117 cm³/mol. The number of nitrogens with zero attached hydrogens (tertiary/aromatic N) is 1. The fourth-order valence-electron chi connectivity index (χ4n) is 2.59. The van der Waals surface area contributed by atoms with Gasteiger partial charge in [-0.15, -0.1) is 11.3 Å². The van der Waals surface area contributed by atoms with Crippen molar-refractivity contribution in [3.05, 3.63) is 70.7 Å². The lowest BCUT2D eigenvalue weighted by Gasteiger charge is -2.08. The molecule has 150 valence electrons. The number of carbonyl (C=O) groups is 2. The number of thiazole rings is 1. The molecule has 0 saturated heterocycles. The largest absolute Gasteiger partial charge is 0.397 e. The highest BCUT2D eigenvalue weighted by Crippen LogP contribution is 2.17. The predicted octanol–water partition coefficient (Wildman–Crippen LogP) is 3.49. The number of para-hydroxylation sites is 3. The van der Waals surface area contributed by atoms with Crippen LogP contribution in [0.5, 0.6) is 0 Å². The Hall–Kier alpha value is -3.39. The second-order valence-electron chi connectivity index (χ2n) is 6.35. The molecule has 3 aromatic rings. The Morgan fingerprint density at radius 2 is 1.79 bits per heavy atom. The van der Waals surface area contributed by atoms with Gasteiger partial charge in [0.2, 0.25) is 5.91 Å². The Kier molecular flexibility index (Phi) is 7.18. The summed E-state index contributed by atoms with van der Waals surface area (Å²) in [7, 11) is 0. The second-order valence-corrected chi connectivity index (χ2v) is 7.46. The number of hydrogen-bond donors (Lipinski definition) is 4. The molecule has 0 radical (unpaired) electrons. The molecule has 0 spiro atoms. The van der Waals surface area contributed by atoms with E-state index in [1.165, 1.54) is 11.3 Å². The van der Waals surface area contributed by atoms with Gasteiger partial charge in [0.15, 0.2) is 5.01 Å². The minimum atomic E-state index is -0.228. The van der Waals surface area contributed by atoms with Gasteiger partial charge in [-0.25, -0.2) is 4.98 Å².